The van der Waals surface area contributed by atoms with Crippen molar-refractivity contribution in [3.63, 3.8) is 0 Å². The van der Waals surface area contributed by atoms with E-state index < -0.39 is 0 Å². The van der Waals surface area contributed by atoms with Crippen LogP contribution in [-0.4, -0.2) is 5.54 Å². The maximum atomic E-state index is 3.95. The standard InChI is InChI=1S/C15H21NS/c1-10-2-3-17-14(10)16-15-7-11-4-12(8-15)6-13(5-11)9-15/h2-3,11-13,16H,4-9H2,1H3. The fourth-order valence-corrected chi connectivity index (χ4v) is 5.94. The molecule has 4 aliphatic rings. The van der Waals surface area contributed by atoms with E-state index in [1.54, 1.807) is 0 Å². The lowest BCUT2D eigenvalue weighted by molar-refractivity contribution is 0.0108. The molecule has 4 fully saturated rings. The molecule has 0 saturated heterocycles. The van der Waals surface area contributed by atoms with Gasteiger partial charge in [0.15, 0.2) is 0 Å². The lowest BCUT2D eigenvalue weighted by atomic mass is 9.53. The van der Waals surface area contributed by atoms with Crippen molar-refractivity contribution in [2.24, 2.45) is 17.8 Å². The van der Waals surface area contributed by atoms with Crippen LogP contribution in [0.4, 0.5) is 5.00 Å². The van der Waals surface area contributed by atoms with Gasteiger partial charge in [-0.15, -0.1) is 11.3 Å². The third-order valence-electron chi connectivity index (χ3n) is 5.28. The minimum Gasteiger partial charge on any atom is -0.371 e. The zero-order valence-electron chi connectivity index (χ0n) is 10.5. The molecule has 1 nitrogen and oxygen atoms in total. The normalized spacial score (nSPS) is 43.0. The minimum absolute atomic E-state index is 0.477. The molecule has 4 saturated carbocycles. The van der Waals surface area contributed by atoms with Crippen LogP contribution in [-0.2, 0) is 0 Å². The molecule has 1 aromatic heterocycles. The summed E-state index contributed by atoms with van der Waals surface area (Å²) >= 11 is 1.89. The summed E-state index contributed by atoms with van der Waals surface area (Å²) in [4.78, 5) is 0. The van der Waals surface area contributed by atoms with E-state index in [1.165, 1.54) is 49.1 Å². The molecule has 1 heterocycles. The predicted molar refractivity (Wildman–Crippen MR) is 73.6 cm³/mol. The van der Waals surface area contributed by atoms with Crippen LogP contribution in [0.3, 0.4) is 0 Å². The molecule has 17 heavy (non-hydrogen) atoms. The maximum absolute atomic E-state index is 3.95. The Kier molecular flexibility index (Phi) is 2.15. The Morgan fingerprint density at radius 1 is 1.12 bits per heavy atom. The van der Waals surface area contributed by atoms with Crippen LogP contribution < -0.4 is 5.32 Å². The highest BCUT2D eigenvalue weighted by Gasteiger charge is 2.51. The van der Waals surface area contributed by atoms with Crippen LogP contribution in [0.15, 0.2) is 11.4 Å². The summed E-state index contributed by atoms with van der Waals surface area (Å²) < 4.78 is 0. The van der Waals surface area contributed by atoms with Crippen molar-refractivity contribution in [3.8, 4) is 0 Å². The molecule has 4 aliphatic carbocycles. The van der Waals surface area contributed by atoms with Gasteiger partial charge in [-0.25, -0.2) is 0 Å². The van der Waals surface area contributed by atoms with Crippen molar-refractivity contribution >= 4 is 16.3 Å². The van der Waals surface area contributed by atoms with Gasteiger partial charge in [0.2, 0.25) is 0 Å². The summed E-state index contributed by atoms with van der Waals surface area (Å²) in [7, 11) is 0. The molecule has 0 aliphatic heterocycles. The fourth-order valence-electron chi connectivity index (χ4n) is 5.01. The van der Waals surface area contributed by atoms with E-state index >= 15 is 0 Å². The highest BCUT2D eigenvalue weighted by molar-refractivity contribution is 7.14. The zero-order valence-corrected chi connectivity index (χ0v) is 11.4. The SMILES string of the molecule is Cc1ccsc1NC12CC3CC(CC(C3)C1)C2. The summed E-state index contributed by atoms with van der Waals surface area (Å²) in [5, 5.41) is 7.61. The first-order valence-corrected chi connectivity index (χ1v) is 7.93. The molecular weight excluding hydrogens is 226 g/mol. The van der Waals surface area contributed by atoms with Gasteiger partial charge in [-0.2, -0.15) is 0 Å². The average Bonchev–Trinajstić information content (AvgIpc) is 2.61. The third-order valence-corrected chi connectivity index (χ3v) is 6.21. The van der Waals surface area contributed by atoms with E-state index in [9.17, 15) is 0 Å². The van der Waals surface area contributed by atoms with Crippen molar-refractivity contribution in [2.75, 3.05) is 5.32 Å². The van der Waals surface area contributed by atoms with Gasteiger partial charge in [0, 0.05) is 5.54 Å². The van der Waals surface area contributed by atoms with Crippen molar-refractivity contribution in [1.29, 1.82) is 0 Å². The van der Waals surface area contributed by atoms with Crippen LogP contribution in [0.5, 0.6) is 0 Å². The lowest BCUT2D eigenvalue weighted by Gasteiger charge is -2.57. The molecule has 0 unspecified atom stereocenters. The summed E-state index contributed by atoms with van der Waals surface area (Å²) in [6.45, 7) is 2.24. The molecule has 0 atom stereocenters. The summed E-state index contributed by atoms with van der Waals surface area (Å²) in [5.74, 6) is 3.11. The van der Waals surface area contributed by atoms with E-state index in [0.29, 0.717) is 5.54 Å². The molecule has 0 aromatic carbocycles. The second-order valence-corrected chi connectivity index (χ2v) is 7.67. The Bertz CT molecular complexity index is 399. The van der Waals surface area contributed by atoms with Gasteiger partial charge in [0.25, 0.3) is 0 Å². The lowest BCUT2D eigenvalue weighted by Crippen LogP contribution is -2.54. The molecule has 2 heteroatoms. The molecule has 5 rings (SSSR count). The number of nitrogens with one attached hydrogen (secondary N) is 1. The molecule has 0 amide bonds. The molecule has 1 N–H and O–H groups in total. The van der Waals surface area contributed by atoms with E-state index in [4.69, 9.17) is 0 Å². The number of hydrogen-bond acceptors (Lipinski definition) is 2. The molecule has 0 radical (unpaired) electrons. The van der Waals surface area contributed by atoms with Gasteiger partial charge in [-0.3, -0.25) is 0 Å². The minimum atomic E-state index is 0.477. The van der Waals surface area contributed by atoms with Gasteiger partial charge in [0.1, 0.15) is 0 Å². The smallest absolute Gasteiger partial charge is 0.0916 e. The monoisotopic (exact) mass is 247 g/mol. The van der Waals surface area contributed by atoms with Crippen molar-refractivity contribution in [2.45, 2.75) is 51.0 Å². The average molecular weight is 247 g/mol. The van der Waals surface area contributed by atoms with Gasteiger partial charge in [0.05, 0.1) is 5.00 Å². The number of hydrogen-bond donors (Lipinski definition) is 1. The molecule has 0 spiro atoms. The number of rotatable bonds is 2. The number of thiophene rings is 1. The fraction of sp³-hybridized carbons (Fsp3) is 0.733. The van der Waals surface area contributed by atoms with Gasteiger partial charge >= 0.3 is 0 Å². The first kappa shape index (κ1) is 10.4. The molecule has 92 valence electrons. The first-order chi connectivity index (χ1) is 8.22. The topological polar surface area (TPSA) is 12.0 Å². The quantitative estimate of drug-likeness (QED) is 0.815. The zero-order chi connectivity index (χ0) is 11.5. The summed E-state index contributed by atoms with van der Waals surface area (Å²) in [5.41, 5.74) is 1.91. The van der Waals surface area contributed by atoms with E-state index in [2.05, 4.69) is 23.7 Å². The van der Waals surface area contributed by atoms with Crippen molar-refractivity contribution in [3.05, 3.63) is 17.0 Å². The number of anilines is 1. The summed E-state index contributed by atoms with van der Waals surface area (Å²) in [6.07, 6.45) is 8.92. The van der Waals surface area contributed by atoms with E-state index in [-0.39, 0.29) is 0 Å². The Morgan fingerprint density at radius 2 is 1.71 bits per heavy atom. The highest BCUT2D eigenvalue weighted by Crippen LogP contribution is 2.56. The van der Waals surface area contributed by atoms with Crippen LogP contribution in [0.25, 0.3) is 0 Å². The Balaban J connectivity index is 1.62. The van der Waals surface area contributed by atoms with E-state index in [1.807, 2.05) is 11.3 Å². The largest absolute Gasteiger partial charge is 0.371 e. The van der Waals surface area contributed by atoms with Gasteiger partial charge in [-0.1, -0.05) is 0 Å². The molecular formula is C15H21NS. The molecule has 1 aromatic rings. The van der Waals surface area contributed by atoms with Crippen molar-refractivity contribution < 1.29 is 0 Å². The van der Waals surface area contributed by atoms with Gasteiger partial charge < -0.3 is 5.32 Å². The van der Waals surface area contributed by atoms with E-state index in [0.717, 1.165) is 17.8 Å². The maximum Gasteiger partial charge on any atom is 0.0916 e. The molecule has 4 bridgehead atoms. The van der Waals surface area contributed by atoms with Crippen LogP contribution in [0, 0.1) is 24.7 Å². The van der Waals surface area contributed by atoms with Crippen LogP contribution in [0.2, 0.25) is 0 Å². The second-order valence-electron chi connectivity index (χ2n) is 6.76. The predicted octanol–water partition coefficient (Wildman–Crippen LogP) is 4.44. The van der Waals surface area contributed by atoms with Crippen LogP contribution in [0.1, 0.15) is 44.1 Å². The Morgan fingerprint density at radius 3 is 2.18 bits per heavy atom. The summed E-state index contributed by atoms with van der Waals surface area (Å²) in [6, 6.07) is 2.24. The van der Waals surface area contributed by atoms with Crippen molar-refractivity contribution in [1.82, 2.24) is 0 Å². The van der Waals surface area contributed by atoms with Gasteiger partial charge in [-0.05, 0) is 80.2 Å². The van der Waals surface area contributed by atoms with Crippen LogP contribution >= 0.6 is 11.3 Å². The second kappa shape index (κ2) is 3.50. The first-order valence-electron chi connectivity index (χ1n) is 7.05. The number of aryl methyl sites for hydroxylation is 1. The third kappa shape index (κ3) is 1.64. The Hall–Kier alpha value is -0.500. The highest BCUT2D eigenvalue weighted by atomic mass is 32.1. The Labute approximate surface area is 108 Å².